The van der Waals surface area contributed by atoms with Crippen molar-refractivity contribution in [2.75, 3.05) is 26.9 Å². The molecular formula is C28H29NO4. The van der Waals surface area contributed by atoms with Gasteiger partial charge in [-0.25, -0.2) is 0 Å². The molecule has 0 spiro atoms. The van der Waals surface area contributed by atoms with Crippen LogP contribution in [0.4, 0.5) is 0 Å². The predicted molar refractivity (Wildman–Crippen MR) is 134 cm³/mol. The highest BCUT2D eigenvalue weighted by molar-refractivity contribution is 6.07. The lowest BCUT2D eigenvalue weighted by Gasteiger charge is -2.15. The third-order valence-corrected chi connectivity index (χ3v) is 5.79. The Morgan fingerprint density at radius 2 is 1.88 bits per heavy atom. The van der Waals surface area contributed by atoms with Crippen LogP contribution in [-0.2, 0) is 9.53 Å². The van der Waals surface area contributed by atoms with Gasteiger partial charge in [-0.3, -0.25) is 4.79 Å². The van der Waals surface area contributed by atoms with E-state index in [-0.39, 0.29) is 5.91 Å². The van der Waals surface area contributed by atoms with Gasteiger partial charge < -0.3 is 19.2 Å². The van der Waals surface area contributed by atoms with Crippen molar-refractivity contribution < 1.29 is 18.7 Å². The number of aryl methyl sites for hydroxylation is 1. The van der Waals surface area contributed by atoms with Gasteiger partial charge in [0.05, 0.1) is 19.5 Å². The quantitative estimate of drug-likeness (QED) is 0.263. The molecule has 170 valence electrons. The lowest BCUT2D eigenvalue weighted by atomic mass is 9.94. The highest BCUT2D eigenvalue weighted by Crippen LogP contribution is 2.42. The molecule has 0 saturated carbocycles. The van der Waals surface area contributed by atoms with E-state index in [0.29, 0.717) is 19.8 Å². The van der Waals surface area contributed by atoms with Crippen LogP contribution in [0, 0.1) is 6.92 Å². The largest absolute Gasteiger partial charge is 0.493 e. The Labute approximate surface area is 194 Å². The lowest BCUT2D eigenvalue weighted by Crippen LogP contribution is -2.25. The topological polar surface area (TPSA) is 60.7 Å². The number of hydrogen-bond acceptors (Lipinski definition) is 4. The van der Waals surface area contributed by atoms with Crippen LogP contribution in [0.15, 0.2) is 65.3 Å². The van der Waals surface area contributed by atoms with Crippen LogP contribution in [0.3, 0.4) is 0 Å². The predicted octanol–water partition coefficient (Wildman–Crippen LogP) is 6.13. The monoisotopic (exact) mass is 443 g/mol. The second kappa shape index (κ2) is 9.92. The van der Waals surface area contributed by atoms with Crippen LogP contribution in [0.1, 0.15) is 25.0 Å². The molecule has 0 radical (unpaired) electrons. The maximum atomic E-state index is 12.4. The van der Waals surface area contributed by atoms with Gasteiger partial charge in [-0.2, -0.15) is 0 Å². The van der Waals surface area contributed by atoms with Gasteiger partial charge in [0.25, 0.3) is 0 Å². The molecule has 4 aromatic rings. The number of furan rings is 1. The number of hydrogen-bond donors (Lipinski definition) is 1. The summed E-state index contributed by atoms with van der Waals surface area (Å²) in [4.78, 5) is 12.4. The Morgan fingerprint density at radius 3 is 2.67 bits per heavy atom. The summed E-state index contributed by atoms with van der Waals surface area (Å²) in [6, 6.07) is 16.7. The number of carbonyl (C=O) groups is 1. The van der Waals surface area contributed by atoms with Gasteiger partial charge in [0, 0.05) is 41.8 Å². The maximum absolute atomic E-state index is 12.4. The number of allylic oxidation sites excluding steroid dienone is 1. The summed E-state index contributed by atoms with van der Waals surface area (Å²) in [7, 11) is 1.61. The highest BCUT2D eigenvalue weighted by Gasteiger charge is 2.20. The van der Waals surface area contributed by atoms with Crippen molar-refractivity contribution >= 4 is 33.2 Å². The fourth-order valence-corrected chi connectivity index (χ4v) is 4.21. The van der Waals surface area contributed by atoms with Gasteiger partial charge in [0.15, 0.2) is 0 Å². The average molecular weight is 444 g/mol. The van der Waals surface area contributed by atoms with Crippen molar-refractivity contribution in [1.29, 1.82) is 0 Å². The Morgan fingerprint density at radius 1 is 1.09 bits per heavy atom. The van der Waals surface area contributed by atoms with Crippen LogP contribution < -0.4 is 10.1 Å². The Hall–Kier alpha value is -3.57. The molecule has 1 aromatic heterocycles. The van der Waals surface area contributed by atoms with Crippen LogP contribution in [0.2, 0.25) is 0 Å². The molecule has 0 bridgehead atoms. The van der Waals surface area contributed by atoms with Crippen molar-refractivity contribution in [1.82, 2.24) is 5.32 Å². The summed E-state index contributed by atoms with van der Waals surface area (Å²) in [5, 5.41) is 6.18. The molecule has 1 amide bonds. The van der Waals surface area contributed by atoms with Crippen LogP contribution in [0.25, 0.3) is 38.4 Å². The molecule has 1 N–H and O–H groups in total. The van der Waals surface area contributed by atoms with Crippen molar-refractivity contribution in [3.63, 3.8) is 0 Å². The second-order valence-electron chi connectivity index (χ2n) is 7.98. The molecule has 0 aliphatic heterocycles. The zero-order chi connectivity index (χ0) is 23.4. The van der Waals surface area contributed by atoms with E-state index in [1.54, 1.807) is 13.2 Å². The first-order valence-electron chi connectivity index (χ1n) is 11.2. The average Bonchev–Trinajstić information content (AvgIpc) is 3.24. The molecule has 0 fully saturated rings. The SMILES string of the molecule is CCOc1c(/C(C)=C/C(=O)NCCOC)cc2c(-c3cccc4ccccc34)coc2c1C. The molecule has 0 unspecified atom stereocenters. The van der Waals surface area contributed by atoms with Crippen LogP contribution >= 0.6 is 0 Å². The van der Waals surface area contributed by atoms with E-state index in [4.69, 9.17) is 13.9 Å². The van der Waals surface area contributed by atoms with E-state index >= 15 is 0 Å². The lowest BCUT2D eigenvalue weighted by molar-refractivity contribution is -0.116. The zero-order valence-corrected chi connectivity index (χ0v) is 19.5. The number of methoxy groups -OCH3 is 1. The molecule has 0 atom stereocenters. The first kappa shape index (κ1) is 22.6. The van der Waals surface area contributed by atoms with Crippen molar-refractivity contribution in [2.24, 2.45) is 0 Å². The summed E-state index contributed by atoms with van der Waals surface area (Å²) in [6.45, 7) is 7.33. The van der Waals surface area contributed by atoms with Crippen molar-refractivity contribution in [3.8, 4) is 16.9 Å². The Balaban J connectivity index is 1.87. The van der Waals surface area contributed by atoms with E-state index in [2.05, 4.69) is 41.7 Å². The normalized spacial score (nSPS) is 11.8. The summed E-state index contributed by atoms with van der Waals surface area (Å²) in [5.74, 6) is 0.577. The van der Waals surface area contributed by atoms with Gasteiger partial charge in [-0.05, 0) is 48.7 Å². The molecule has 33 heavy (non-hydrogen) atoms. The number of benzene rings is 3. The number of amides is 1. The Kier molecular flexibility index (Phi) is 6.80. The summed E-state index contributed by atoms with van der Waals surface area (Å²) >= 11 is 0. The standard InChI is InChI=1S/C28H29NO4/c1-5-32-27-19(3)28-24(16-23(27)18(2)15-26(30)29-13-14-31-4)25(17-33-28)22-12-8-10-20-9-6-7-11-21(20)22/h6-12,15-17H,5,13-14H2,1-4H3,(H,29,30)/b18-15+. The fourth-order valence-electron chi connectivity index (χ4n) is 4.21. The number of carbonyl (C=O) groups excluding carboxylic acids is 1. The smallest absolute Gasteiger partial charge is 0.244 e. The molecule has 3 aromatic carbocycles. The second-order valence-corrected chi connectivity index (χ2v) is 7.98. The van der Waals surface area contributed by atoms with E-state index < -0.39 is 0 Å². The minimum Gasteiger partial charge on any atom is -0.493 e. The molecule has 0 saturated heterocycles. The van der Waals surface area contributed by atoms with Crippen molar-refractivity contribution in [3.05, 3.63) is 72.0 Å². The van der Waals surface area contributed by atoms with Crippen LogP contribution in [0.5, 0.6) is 5.75 Å². The van der Waals surface area contributed by atoms with Gasteiger partial charge in [-0.1, -0.05) is 42.5 Å². The summed E-state index contributed by atoms with van der Waals surface area (Å²) in [5.41, 5.74) is 5.55. The van der Waals surface area contributed by atoms with Gasteiger partial charge in [-0.15, -0.1) is 0 Å². The maximum Gasteiger partial charge on any atom is 0.244 e. The fraction of sp³-hybridized carbons (Fsp3) is 0.250. The first-order chi connectivity index (χ1) is 16.0. The van der Waals surface area contributed by atoms with Gasteiger partial charge >= 0.3 is 0 Å². The highest BCUT2D eigenvalue weighted by atomic mass is 16.5. The van der Waals surface area contributed by atoms with Gasteiger partial charge in [0.1, 0.15) is 11.3 Å². The first-order valence-corrected chi connectivity index (χ1v) is 11.2. The molecule has 5 heteroatoms. The molecule has 0 aliphatic carbocycles. The molecule has 0 aliphatic rings. The van der Waals surface area contributed by atoms with E-state index in [9.17, 15) is 4.79 Å². The number of fused-ring (bicyclic) bond motifs is 2. The molecule has 1 heterocycles. The van der Waals surface area contributed by atoms with E-state index in [0.717, 1.165) is 44.5 Å². The Bertz CT molecular complexity index is 1330. The van der Waals surface area contributed by atoms with Crippen molar-refractivity contribution in [2.45, 2.75) is 20.8 Å². The summed E-state index contributed by atoms with van der Waals surface area (Å²) < 4.78 is 17.1. The minimum atomic E-state index is -0.161. The minimum absolute atomic E-state index is 0.161. The van der Waals surface area contributed by atoms with Gasteiger partial charge in [0.2, 0.25) is 5.91 Å². The number of nitrogens with one attached hydrogen (secondary N) is 1. The molecular weight excluding hydrogens is 414 g/mol. The molecule has 4 rings (SSSR count). The van der Waals surface area contributed by atoms with E-state index in [1.807, 2.05) is 39.2 Å². The van der Waals surface area contributed by atoms with Crippen LogP contribution in [-0.4, -0.2) is 32.8 Å². The number of rotatable bonds is 8. The molecule has 5 nitrogen and oxygen atoms in total. The summed E-state index contributed by atoms with van der Waals surface area (Å²) in [6.07, 6.45) is 3.42. The number of ether oxygens (including phenoxy) is 2. The zero-order valence-electron chi connectivity index (χ0n) is 19.5. The third kappa shape index (κ3) is 4.50. The van der Waals surface area contributed by atoms with E-state index in [1.165, 1.54) is 10.8 Å². The third-order valence-electron chi connectivity index (χ3n) is 5.79.